The van der Waals surface area contributed by atoms with Crippen molar-refractivity contribution in [3.63, 3.8) is 0 Å². The van der Waals surface area contributed by atoms with Crippen LogP contribution in [0.1, 0.15) is 25.7 Å². The lowest BCUT2D eigenvalue weighted by Crippen LogP contribution is -2.29. The van der Waals surface area contributed by atoms with Gasteiger partial charge in [0.2, 0.25) is 0 Å². The monoisotopic (exact) mass is 225 g/mol. The van der Waals surface area contributed by atoms with Crippen molar-refractivity contribution in [3.8, 4) is 0 Å². The molecule has 0 saturated heterocycles. The van der Waals surface area contributed by atoms with E-state index in [1.807, 2.05) is 0 Å². The Hall–Kier alpha value is -0.660. The number of aliphatic carboxylic acids is 1. The highest BCUT2D eigenvalue weighted by atomic mass is 32.2. The molecule has 0 aromatic carbocycles. The van der Waals surface area contributed by atoms with E-state index in [1.54, 1.807) is 0 Å². The number of carboxylic acid groups (broad SMARTS) is 1. The summed E-state index contributed by atoms with van der Waals surface area (Å²) in [6.45, 7) is 0. The van der Waals surface area contributed by atoms with Crippen LogP contribution in [-0.2, 0) is 14.9 Å². The molecule has 84 valence electrons. The molecule has 0 saturated carbocycles. The highest BCUT2D eigenvalue weighted by Crippen LogP contribution is 2.03. The zero-order chi connectivity index (χ0) is 11.2. The summed E-state index contributed by atoms with van der Waals surface area (Å²) in [5, 5.41) is 8.41. The lowest BCUT2D eigenvalue weighted by atomic mass is 10.1. The number of rotatable bonds is 7. The average Bonchev–Trinajstić information content (AvgIpc) is 2.01. The maximum atomic E-state index is 10.3. The number of nitrogens with two attached hydrogens (primary N) is 1. The normalized spacial score (nSPS) is 13.9. The van der Waals surface area contributed by atoms with Gasteiger partial charge >= 0.3 is 5.97 Å². The third kappa shape index (κ3) is 7.96. The van der Waals surface area contributed by atoms with Gasteiger partial charge in [0.15, 0.2) is 0 Å². The molecule has 0 fully saturated rings. The Labute approximate surface area is 82.9 Å². The zero-order valence-electron chi connectivity index (χ0n) is 7.72. The molecule has 0 aliphatic rings. The molecular formula is C7H15NO5S. The lowest BCUT2D eigenvalue weighted by molar-refractivity contribution is -0.138. The minimum Gasteiger partial charge on any atom is -0.480 e. The lowest BCUT2D eigenvalue weighted by Gasteiger charge is -2.04. The standard InChI is InChI=1S/C7H15NO5S/c8-6(7(9)10)4-2-1-3-5-14(11,12)13/h6H,1-5,8H2,(H,9,10)(H,11,12,13). The number of carboxylic acids is 1. The van der Waals surface area contributed by atoms with Crippen LogP contribution in [0, 0.1) is 0 Å². The molecule has 0 bridgehead atoms. The van der Waals surface area contributed by atoms with E-state index in [0.29, 0.717) is 25.7 Å². The van der Waals surface area contributed by atoms with Gasteiger partial charge in [0.1, 0.15) is 6.04 Å². The molecule has 0 radical (unpaired) electrons. The van der Waals surface area contributed by atoms with E-state index in [0.717, 1.165) is 0 Å². The SMILES string of the molecule is NC(CCCCCS(=O)(=O)O)C(=O)O. The van der Waals surface area contributed by atoms with Crippen molar-refractivity contribution in [2.45, 2.75) is 31.7 Å². The largest absolute Gasteiger partial charge is 0.480 e. The second-order valence-corrected chi connectivity index (χ2v) is 4.65. The van der Waals surface area contributed by atoms with E-state index in [-0.39, 0.29) is 5.75 Å². The molecule has 6 nitrogen and oxygen atoms in total. The topological polar surface area (TPSA) is 118 Å². The van der Waals surface area contributed by atoms with Gasteiger partial charge in [-0.25, -0.2) is 0 Å². The quantitative estimate of drug-likeness (QED) is 0.409. The number of hydrogen-bond donors (Lipinski definition) is 3. The van der Waals surface area contributed by atoms with E-state index in [9.17, 15) is 13.2 Å². The van der Waals surface area contributed by atoms with Crippen molar-refractivity contribution in [2.24, 2.45) is 5.73 Å². The fourth-order valence-electron chi connectivity index (χ4n) is 0.949. The fourth-order valence-corrected chi connectivity index (χ4v) is 1.52. The third-order valence-electron chi connectivity index (χ3n) is 1.73. The Kier molecular flexibility index (Phi) is 5.66. The second-order valence-electron chi connectivity index (χ2n) is 3.08. The van der Waals surface area contributed by atoms with E-state index in [2.05, 4.69) is 0 Å². The van der Waals surface area contributed by atoms with Crippen LogP contribution >= 0.6 is 0 Å². The highest BCUT2D eigenvalue weighted by molar-refractivity contribution is 7.85. The Bertz CT molecular complexity index is 274. The first kappa shape index (κ1) is 13.3. The summed E-state index contributed by atoms with van der Waals surface area (Å²) < 4.78 is 28.9. The Morgan fingerprint density at radius 2 is 1.86 bits per heavy atom. The summed E-state index contributed by atoms with van der Waals surface area (Å²) in [4.78, 5) is 10.3. The fraction of sp³-hybridized carbons (Fsp3) is 0.857. The van der Waals surface area contributed by atoms with Crippen LogP contribution in [0.5, 0.6) is 0 Å². The summed E-state index contributed by atoms with van der Waals surface area (Å²) in [5.74, 6) is -1.34. The molecule has 14 heavy (non-hydrogen) atoms. The molecule has 0 aromatic rings. The van der Waals surface area contributed by atoms with Crippen molar-refractivity contribution in [1.29, 1.82) is 0 Å². The highest BCUT2D eigenvalue weighted by Gasteiger charge is 2.10. The van der Waals surface area contributed by atoms with Crippen LogP contribution in [0.4, 0.5) is 0 Å². The first-order valence-electron chi connectivity index (χ1n) is 4.26. The summed E-state index contributed by atoms with van der Waals surface area (Å²) in [5.41, 5.74) is 5.22. The number of unbranched alkanes of at least 4 members (excludes halogenated alkanes) is 2. The Morgan fingerprint density at radius 1 is 1.29 bits per heavy atom. The van der Waals surface area contributed by atoms with Crippen molar-refractivity contribution < 1.29 is 22.9 Å². The number of carbonyl (C=O) groups is 1. The molecule has 1 atom stereocenters. The van der Waals surface area contributed by atoms with Crippen molar-refractivity contribution in [3.05, 3.63) is 0 Å². The van der Waals surface area contributed by atoms with E-state index < -0.39 is 22.1 Å². The maximum Gasteiger partial charge on any atom is 0.320 e. The van der Waals surface area contributed by atoms with Crippen LogP contribution in [0.2, 0.25) is 0 Å². The first-order valence-corrected chi connectivity index (χ1v) is 5.87. The third-order valence-corrected chi connectivity index (χ3v) is 2.54. The van der Waals surface area contributed by atoms with Gasteiger partial charge in [-0.05, 0) is 12.8 Å². The molecule has 4 N–H and O–H groups in total. The van der Waals surface area contributed by atoms with Crippen LogP contribution in [0.3, 0.4) is 0 Å². The summed E-state index contributed by atoms with van der Waals surface area (Å²) >= 11 is 0. The van der Waals surface area contributed by atoms with Crippen LogP contribution in [-0.4, -0.2) is 35.8 Å². The molecule has 0 aliphatic carbocycles. The average molecular weight is 225 g/mol. The second kappa shape index (κ2) is 5.94. The smallest absolute Gasteiger partial charge is 0.320 e. The van der Waals surface area contributed by atoms with Gasteiger partial charge in [-0.1, -0.05) is 12.8 Å². The summed E-state index contributed by atoms with van der Waals surface area (Å²) in [6, 6.07) is -0.888. The molecule has 7 heteroatoms. The van der Waals surface area contributed by atoms with Crippen LogP contribution < -0.4 is 5.73 Å². The summed E-state index contributed by atoms with van der Waals surface area (Å²) in [7, 11) is -3.89. The predicted molar refractivity (Wildman–Crippen MR) is 50.5 cm³/mol. The van der Waals surface area contributed by atoms with Gasteiger partial charge in [-0.15, -0.1) is 0 Å². The molecule has 0 amide bonds. The Morgan fingerprint density at radius 3 is 2.29 bits per heavy atom. The van der Waals surface area contributed by atoms with Gasteiger partial charge in [0.25, 0.3) is 10.1 Å². The van der Waals surface area contributed by atoms with Gasteiger partial charge in [-0.2, -0.15) is 8.42 Å². The van der Waals surface area contributed by atoms with E-state index in [1.165, 1.54) is 0 Å². The number of hydrogen-bond acceptors (Lipinski definition) is 4. The van der Waals surface area contributed by atoms with Gasteiger partial charge in [0, 0.05) is 0 Å². The molecule has 0 rings (SSSR count). The van der Waals surface area contributed by atoms with Crippen LogP contribution in [0.25, 0.3) is 0 Å². The molecular weight excluding hydrogens is 210 g/mol. The van der Waals surface area contributed by atoms with Crippen molar-refractivity contribution >= 4 is 16.1 Å². The molecule has 0 spiro atoms. The van der Waals surface area contributed by atoms with Gasteiger partial charge < -0.3 is 10.8 Å². The van der Waals surface area contributed by atoms with E-state index in [4.69, 9.17) is 15.4 Å². The maximum absolute atomic E-state index is 10.3. The van der Waals surface area contributed by atoms with Gasteiger partial charge in [-0.3, -0.25) is 9.35 Å². The zero-order valence-corrected chi connectivity index (χ0v) is 8.53. The first-order chi connectivity index (χ1) is 6.33. The molecule has 0 aliphatic heterocycles. The molecule has 0 aromatic heterocycles. The Balaban J connectivity index is 3.44. The minimum atomic E-state index is -3.89. The van der Waals surface area contributed by atoms with Crippen LogP contribution in [0.15, 0.2) is 0 Å². The van der Waals surface area contributed by atoms with Crippen molar-refractivity contribution in [1.82, 2.24) is 0 Å². The van der Waals surface area contributed by atoms with Crippen molar-refractivity contribution in [2.75, 3.05) is 5.75 Å². The predicted octanol–water partition coefficient (Wildman–Crippen LogP) is -0.153. The van der Waals surface area contributed by atoms with Gasteiger partial charge in [0.05, 0.1) is 5.75 Å². The molecule has 1 unspecified atom stereocenters. The summed E-state index contributed by atoms with van der Waals surface area (Å²) in [6.07, 6.45) is 1.73. The van der Waals surface area contributed by atoms with E-state index >= 15 is 0 Å². The molecule has 0 heterocycles. The minimum absolute atomic E-state index is 0.282.